The third-order valence-corrected chi connectivity index (χ3v) is 3.71. The van der Waals surface area contributed by atoms with Crippen molar-refractivity contribution in [3.63, 3.8) is 0 Å². The highest BCUT2D eigenvalue weighted by Crippen LogP contribution is 2.32. The van der Waals surface area contributed by atoms with E-state index in [1.54, 1.807) is 0 Å². The van der Waals surface area contributed by atoms with E-state index in [0.29, 0.717) is 13.0 Å². The molecule has 0 fully saturated rings. The lowest BCUT2D eigenvalue weighted by molar-refractivity contribution is -0.134. The maximum Gasteiger partial charge on any atom is 0.220 e. The van der Waals surface area contributed by atoms with Gasteiger partial charge in [0.25, 0.3) is 0 Å². The molecule has 0 radical (unpaired) electrons. The zero-order valence-corrected chi connectivity index (χ0v) is 15.5. The largest absolute Gasteiger partial charge is 0.355 e. The van der Waals surface area contributed by atoms with Gasteiger partial charge in [-0.15, -0.1) is 0 Å². The van der Waals surface area contributed by atoms with E-state index in [2.05, 4.69) is 46.9 Å². The lowest BCUT2D eigenvalue weighted by Crippen LogP contribution is -2.44. The molecular formula is C18H35NO2. The fourth-order valence-corrected chi connectivity index (χ4v) is 2.11. The predicted octanol–water partition coefficient (Wildman–Crippen LogP) is 4.21. The Labute approximate surface area is 131 Å². The van der Waals surface area contributed by atoms with Gasteiger partial charge in [-0.2, -0.15) is 0 Å². The highest BCUT2D eigenvalue weighted by Gasteiger charge is 2.37. The SMILES string of the molecule is CC(C)(C)CCC(=O)NCC(C(=O)C(C)(C)C)C(C)(C)C. The average molecular weight is 297 g/mol. The van der Waals surface area contributed by atoms with Crippen LogP contribution in [0.3, 0.4) is 0 Å². The first kappa shape index (κ1) is 20.1. The van der Waals surface area contributed by atoms with Crippen LogP contribution in [0.2, 0.25) is 0 Å². The molecule has 0 aromatic carbocycles. The van der Waals surface area contributed by atoms with E-state index in [-0.39, 0.29) is 33.9 Å². The van der Waals surface area contributed by atoms with Crippen molar-refractivity contribution < 1.29 is 9.59 Å². The van der Waals surface area contributed by atoms with Crippen LogP contribution < -0.4 is 5.32 Å². The summed E-state index contributed by atoms with van der Waals surface area (Å²) in [5.41, 5.74) is -0.377. The van der Waals surface area contributed by atoms with E-state index in [1.807, 2.05) is 20.8 Å². The van der Waals surface area contributed by atoms with E-state index in [0.717, 1.165) is 6.42 Å². The molecule has 0 aromatic heterocycles. The standard InChI is InChI=1S/C18H35NO2/c1-16(2,3)11-10-14(20)19-12-13(17(4,5)6)15(21)18(7,8)9/h13H,10-12H2,1-9H3,(H,19,20). The molecule has 3 heteroatoms. The number of amides is 1. The van der Waals surface area contributed by atoms with Crippen molar-refractivity contribution in [3.8, 4) is 0 Å². The summed E-state index contributed by atoms with van der Waals surface area (Å²) in [4.78, 5) is 24.6. The Kier molecular flexibility index (Phi) is 6.65. The summed E-state index contributed by atoms with van der Waals surface area (Å²) < 4.78 is 0. The van der Waals surface area contributed by atoms with Crippen LogP contribution in [0.1, 0.15) is 75.2 Å². The van der Waals surface area contributed by atoms with Crippen LogP contribution in [-0.4, -0.2) is 18.2 Å². The number of hydrogen-bond donors (Lipinski definition) is 1. The Morgan fingerprint density at radius 1 is 0.905 bits per heavy atom. The van der Waals surface area contributed by atoms with E-state index in [1.165, 1.54) is 0 Å². The Morgan fingerprint density at radius 2 is 1.38 bits per heavy atom. The molecule has 1 amide bonds. The molecule has 124 valence electrons. The summed E-state index contributed by atoms with van der Waals surface area (Å²) in [5.74, 6) is 0.100. The Bertz CT molecular complexity index is 364. The molecule has 0 heterocycles. The number of hydrogen-bond acceptors (Lipinski definition) is 2. The molecule has 0 spiro atoms. The third-order valence-electron chi connectivity index (χ3n) is 3.71. The molecular weight excluding hydrogens is 262 g/mol. The van der Waals surface area contributed by atoms with Crippen molar-refractivity contribution in [2.75, 3.05) is 6.54 Å². The van der Waals surface area contributed by atoms with Gasteiger partial charge in [-0.25, -0.2) is 0 Å². The lowest BCUT2D eigenvalue weighted by Gasteiger charge is -2.34. The summed E-state index contributed by atoms with van der Waals surface area (Å²) >= 11 is 0. The van der Waals surface area contributed by atoms with Crippen LogP contribution in [0.15, 0.2) is 0 Å². The first-order chi connectivity index (χ1) is 9.14. The van der Waals surface area contributed by atoms with Gasteiger partial charge < -0.3 is 5.32 Å². The van der Waals surface area contributed by atoms with Gasteiger partial charge in [0.15, 0.2) is 0 Å². The van der Waals surface area contributed by atoms with Crippen LogP contribution in [0, 0.1) is 22.2 Å². The predicted molar refractivity (Wildman–Crippen MR) is 89.1 cm³/mol. The topological polar surface area (TPSA) is 46.2 Å². The molecule has 0 saturated heterocycles. The Morgan fingerprint density at radius 3 is 1.71 bits per heavy atom. The Balaban J connectivity index is 4.66. The van der Waals surface area contributed by atoms with Gasteiger partial charge in [0.1, 0.15) is 5.78 Å². The molecule has 0 aliphatic rings. The van der Waals surface area contributed by atoms with Crippen molar-refractivity contribution in [3.05, 3.63) is 0 Å². The number of carbonyl (C=O) groups excluding carboxylic acids is 2. The fourth-order valence-electron chi connectivity index (χ4n) is 2.11. The molecule has 0 rings (SSSR count). The molecule has 3 nitrogen and oxygen atoms in total. The van der Waals surface area contributed by atoms with Crippen LogP contribution in [0.4, 0.5) is 0 Å². The zero-order chi connectivity index (χ0) is 17.1. The van der Waals surface area contributed by atoms with E-state index in [9.17, 15) is 9.59 Å². The maximum atomic E-state index is 12.6. The summed E-state index contributed by atoms with van der Waals surface area (Å²) in [7, 11) is 0. The maximum absolute atomic E-state index is 12.6. The summed E-state index contributed by atoms with van der Waals surface area (Å²) in [5, 5.41) is 2.96. The number of Topliss-reactive ketones (excluding diaryl/α,β-unsaturated/α-hetero) is 1. The number of ketones is 1. The van der Waals surface area contributed by atoms with Crippen molar-refractivity contribution in [1.82, 2.24) is 5.32 Å². The van der Waals surface area contributed by atoms with Gasteiger partial charge in [0.05, 0.1) is 0 Å². The highest BCUT2D eigenvalue weighted by atomic mass is 16.1. The van der Waals surface area contributed by atoms with Gasteiger partial charge in [-0.05, 0) is 17.3 Å². The van der Waals surface area contributed by atoms with Gasteiger partial charge in [-0.1, -0.05) is 62.3 Å². The lowest BCUT2D eigenvalue weighted by atomic mass is 9.71. The van der Waals surface area contributed by atoms with Gasteiger partial charge in [-0.3, -0.25) is 9.59 Å². The van der Waals surface area contributed by atoms with Crippen LogP contribution in [-0.2, 0) is 9.59 Å². The van der Waals surface area contributed by atoms with Crippen LogP contribution in [0.5, 0.6) is 0 Å². The number of rotatable bonds is 5. The van der Waals surface area contributed by atoms with E-state index >= 15 is 0 Å². The van der Waals surface area contributed by atoms with Crippen LogP contribution >= 0.6 is 0 Å². The molecule has 0 aliphatic carbocycles. The molecule has 21 heavy (non-hydrogen) atoms. The normalized spacial score (nSPS) is 14.7. The summed E-state index contributed by atoms with van der Waals surface area (Å²) in [6.07, 6.45) is 1.37. The second-order valence-corrected chi connectivity index (χ2v) is 9.40. The molecule has 0 saturated carbocycles. The van der Waals surface area contributed by atoms with Gasteiger partial charge >= 0.3 is 0 Å². The van der Waals surface area contributed by atoms with Crippen molar-refractivity contribution in [2.45, 2.75) is 75.2 Å². The van der Waals surface area contributed by atoms with Crippen molar-refractivity contribution in [1.29, 1.82) is 0 Å². The second-order valence-electron chi connectivity index (χ2n) is 9.40. The first-order valence-electron chi connectivity index (χ1n) is 7.95. The van der Waals surface area contributed by atoms with E-state index in [4.69, 9.17) is 0 Å². The summed E-state index contributed by atoms with van der Waals surface area (Å²) in [6.45, 7) is 18.8. The van der Waals surface area contributed by atoms with Crippen LogP contribution in [0.25, 0.3) is 0 Å². The monoisotopic (exact) mass is 297 g/mol. The van der Waals surface area contributed by atoms with E-state index < -0.39 is 0 Å². The molecule has 0 aliphatic heterocycles. The average Bonchev–Trinajstić information content (AvgIpc) is 2.22. The van der Waals surface area contributed by atoms with Gasteiger partial charge in [0.2, 0.25) is 5.91 Å². The number of nitrogens with one attached hydrogen (secondary N) is 1. The third kappa shape index (κ3) is 8.23. The molecule has 0 aromatic rings. The molecule has 1 unspecified atom stereocenters. The second kappa shape index (κ2) is 6.93. The smallest absolute Gasteiger partial charge is 0.220 e. The quantitative estimate of drug-likeness (QED) is 0.826. The number of carbonyl (C=O) groups is 2. The van der Waals surface area contributed by atoms with Crippen molar-refractivity contribution >= 4 is 11.7 Å². The Hall–Kier alpha value is -0.860. The molecule has 0 bridgehead atoms. The fraction of sp³-hybridized carbons (Fsp3) is 0.889. The minimum Gasteiger partial charge on any atom is -0.355 e. The molecule has 1 atom stereocenters. The first-order valence-corrected chi connectivity index (χ1v) is 7.95. The van der Waals surface area contributed by atoms with Crippen molar-refractivity contribution in [2.24, 2.45) is 22.2 Å². The molecule has 1 N–H and O–H groups in total. The van der Waals surface area contributed by atoms with Gasteiger partial charge in [0, 0.05) is 24.3 Å². The minimum atomic E-state index is -0.381. The summed E-state index contributed by atoms with van der Waals surface area (Å²) in [6, 6.07) is 0. The minimum absolute atomic E-state index is 0.0425. The highest BCUT2D eigenvalue weighted by molar-refractivity contribution is 5.87. The zero-order valence-electron chi connectivity index (χ0n) is 15.5.